The number of anilines is 1. The van der Waals surface area contributed by atoms with Gasteiger partial charge in [0.2, 0.25) is 5.89 Å². The maximum Gasteiger partial charge on any atom is 0.248 e. The summed E-state index contributed by atoms with van der Waals surface area (Å²) in [5.74, 6) is 2.04. The van der Waals surface area contributed by atoms with E-state index < -0.39 is 0 Å². The van der Waals surface area contributed by atoms with Crippen molar-refractivity contribution in [1.82, 2.24) is 20.4 Å². The number of aromatic nitrogens is 2. The molecule has 25 heavy (non-hydrogen) atoms. The fourth-order valence-electron chi connectivity index (χ4n) is 2.82. The molecule has 1 aromatic carbocycles. The van der Waals surface area contributed by atoms with Crippen LogP contribution in [0.15, 0.2) is 33.8 Å². The third-order valence-electron chi connectivity index (χ3n) is 4.02. The summed E-state index contributed by atoms with van der Waals surface area (Å²) in [7, 11) is 0. The van der Waals surface area contributed by atoms with E-state index in [9.17, 15) is 0 Å². The van der Waals surface area contributed by atoms with Crippen molar-refractivity contribution in [2.45, 2.75) is 20.4 Å². The Morgan fingerprint density at radius 1 is 1.32 bits per heavy atom. The Bertz CT molecular complexity index is 723. The van der Waals surface area contributed by atoms with Crippen LogP contribution in [0.5, 0.6) is 0 Å². The van der Waals surface area contributed by atoms with Crippen LogP contribution in [0.4, 0.5) is 5.69 Å². The molecule has 2 heterocycles. The third-order valence-corrected chi connectivity index (χ3v) is 4.26. The normalized spacial score (nSPS) is 15.6. The van der Waals surface area contributed by atoms with Gasteiger partial charge in [0.1, 0.15) is 6.54 Å². The quantitative estimate of drug-likeness (QED) is 0.665. The number of aryl methyl sites for hydroxylation is 1. The molecule has 134 valence electrons. The second-order valence-corrected chi connectivity index (χ2v) is 6.30. The fourth-order valence-corrected chi connectivity index (χ4v) is 3.01. The summed E-state index contributed by atoms with van der Waals surface area (Å²) in [6, 6.07) is 7.99. The van der Waals surface area contributed by atoms with Gasteiger partial charge in [-0.3, -0.25) is 0 Å². The molecule has 1 N–H and O–H groups in total. The van der Waals surface area contributed by atoms with Crippen LogP contribution in [0.3, 0.4) is 0 Å². The molecular formula is C17H23ClN6O. The number of guanidine groups is 1. The molecular weight excluding hydrogens is 340 g/mol. The topological polar surface area (TPSA) is 69.8 Å². The SMILES string of the molecule is CCNC(=NCc1nc(C)no1)N1CCN(c2cccc(Cl)c2)CC1. The summed E-state index contributed by atoms with van der Waals surface area (Å²) in [5.41, 5.74) is 1.16. The van der Waals surface area contributed by atoms with E-state index in [0.29, 0.717) is 18.3 Å². The number of hydrogen-bond acceptors (Lipinski definition) is 5. The first-order valence-corrected chi connectivity index (χ1v) is 8.86. The lowest BCUT2D eigenvalue weighted by atomic mass is 10.2. The first-order chi connectivity index (χ1) is 12.2. The predicted octanol–water partition coefficient (Wildman–Crippen LogP) is 2.32. The molecule has 7 nitrogen and oxygen atoms in total. The molecule has 8 heteroatoms. The van der Waals surface area contributed by atoms with Crippen molar-refractivity contribution >= 4 is 23.2 Å². The summed E-state index contributed by atoms with van der Waals surface area (Å²) in [4.78, 5) is 13.4. The van der Waals surface area contributed by atoms with E-state index in [2.05, 4.69) is 43.2 Å². The molecule has 0 bridgehead atoms. The van der Waals surface area contributed by atoms with Gasteiger partial charge >= 0.3 is 0 Å². The minimum atomic E-state index is 0.387. The smallest absolute Gasteiger partial charge is 0.248 e. The molecule has 1 aliphatic rings. The van der Waals surface area contributed by atoms with Crippen LogP contribution in [-0.2, 0) is 6.54 Å². The molecule has 1 fully saturated rings. The molecule has 1 saturated heterocycles. The van der Waals surface area contributed by atoms with Crippen LogP contribution in [0, 0.1) is 6.92 Å². The van der Waals surface area contributed by atoms with Gasteiger partial charge in [-0.2, -0.15) is 4.98 Å². The highest BCUT2D eigenvalue weighted by atomic mass is 35.5. The minimum absolute atomic E-state index is 0.387. The van der Waals surface area contributed by atoms with Gasteiger partial charge in [-0.25, -0.2) is 4.99 Å². The summed E-state index contributed by atoms with van der Waals surface area (Å²) >= 11 is 6.10. The zero-order valence-electron chi connectivity index (χ0n) is 14.6. The minimum Gasteiger partial charge on any atom is -0.368 e. The van der Waals surface area contributed by atoms with Gasteiger partial charge in [-0.05, 0) is 32.0 Å². The molecule has 0 atom stereocenters. The molecule has 1 aliphatic heterocycles. The van der Waals surface area contributed by atoms with E-state index >= 15 is 0 Å². The van der Waals surface area contributed by atoms with Crippen LogP contribution in [0.2, 0.25) is 5.02 Å². The number of halogens is 1. The number of aliphatic imine (C=N–C) groups is 1. The van der Waals surface area contributed by atoms with Crippen LogP contribution in [-0.4, -0.2) is 53.7 Å². The summed E-state index contributed by atoms with van der Waals surface area (Å²) in [5, 5.41) is 7.90. The summed E-state index contributed by atoms with van der Waals surface area (Å²) < 4.78 is 5.13. The second-order valence-electron chi connectivity index (χ2n) is 5.86. The van der Waals surface area contributed by atoms with Gasteiger partial charge in [-0.1, -0.05) is 22.8 Å². The molecule has 0 spiro atoms. The predicted molar refractivity (Wildman–Crippen MR) is 99.1 cm³/mol. The summed E-state index contributed by atoms with van der Waals surface area (Å²) in [6.07, 6.45) is 0. The molecule has 2 aromatic rings. The fraction of sp³-hybridized carbons (Fsp3) is 0.471. The van der Waals surface area contributed by atoms with Crippen molar-refractivity contribution in [3.05, 3.63) is 41.0 Å². The molecule has 0 saturated carbocycles. The molecule has 3 rings (SSSR count). The monoisotopic (exact) mass is 362 g/mol. The van der Waals surface area contributed by atoms with E-state index in [0.717, 1.165) is 49.4 Å². The second kappa shape index (κ2) is 8.20. The van der Waals surface area contributed by atoms with Crippen molar-refractivity contribution < 1.29 is 4.52 Å². The van der Waals surface area contributed by atoms with E-state index in [1.165, 1.54) is 0 Å². The van der Waals surface area contributed by atoms with Crippen molar-refractivity contribution in [3.63, 3.8) is 0 Å². The standard InChI is InChI=1S/C17H23ClN6O/c1-3-19-17(20-12-16-21-13(2)22-25-16)24-9-7-23(8-10-24)15-6-4-5-14(18)11-15/h4-6,11H,3,7-10,12H2,1-2H3,(H,19,20). The highest BCUT2D eigenvalue weighted by Gasteiger charge is 2.20. The number of piperazine rings is 1. The number of nitrogens with one attached hydrogen (secondary N) is 1. The van der Waals surface area contributed by atoms with Crippen LogP contribution < -0.4 is 10.2 Å². The van der Waals surface area contributed by atoms with Crippen LogP contribution in [0.25, 0.3) is 0 Å². The lowest BCUT2D eigenvalue weighted by molar-refractivity contribution is 0.363. The van der Waals surface area contributed by atoms with Crippen LogP contribution >= 0.6 is 11.6 Å². The number of nitrogens with zero attached hydrogens (tertiary/aromatic N) is 5. The Morgan fingerprint density at radius 2 is 2.12 bits per heavy atom. The van der Waals surface area contributed by atoms with Crippen molar-refractivity contribution in [2.24, 2.45) is 4.99 Å². The van der Waals surface area contributed by atoms with Gasteiger partial charge in [0, 0.05) is 43.4 Å². The number of benzene rings is 1. The average molecular weight is 363 g/mol. The Morgan fingerprint density at radius 3 is 2.76 bits per heavy atom. The van der Waals surface area contributed by atoms with Crippen molar-refractivity contribution in [2.75, 3.05) is 37.6 Å². The van der Waals surface area contributed by atoms with E-state index in [1.54, 1.807) is 6.92 Å². The lowest BCUT2D eigenvalue weighted by Gasteiger charge is -2.37. The molecule has 0 aliphatic carbocycles. The van der Waals surface area contributed by atoms with Gasteiger partial charge in [0.05, 0.1) is 0 Å². The first kappa shape index (κ1) is 17.5. The van der Waals surface area contributed by atoms with Crippen molar-refractivity contribution in [1.29, 1.82) is 0 Å². The zero-order valence-corrected chi connectivity index (χ0v) is 15.3. The maximum absolute atomic E-state index is 6.10. The van der Waals surface area contributed by atoms with E-state index in [1.807, 2.05) is 18.2 Å². The molecule has 0 amide bonds. The maximum atomic E-state index is 6.10. The Balaban J connectivity index is 1.62. The average Bonchev–Trinajstić information content (AvgIpc) is 3.04. The van der Waals surface area contributed by atoms with Crippen LogP contribution in [0.1, 0.15) is 18.6 Å². The Hall–Kier alpha value is -2.28. The van der Waals surface area contributed by atoms with Crippen molar-refractivity contribution in [3.8, 4) is 0 Å². The first-order valence-electron chi connectivity index (χ1n) is 8.48. The number of hydrogen-bond donors (Lipinski definition) is 1. The van der Waals surface area contributed by atoms with E-state index in [-0.39, 0.29) is 0 Å². The zero-order chi connectivity index (χ0) is 17.6. The molecule has 1 aromatic heterocycles. The molecule has 0 radical (unpaired) electrons. The highest BCUT2D eigenvalue weighted by molar-refractivity contribution is 6.30. The van der Waals surface area contributed by atoms with E-state index in [4.69, 9.17) is 16.1 Å². The summed E-state index contributed by atoms with van der Waals surface area (Å²) in [6.45, 7) is 8.69. The Kier molecular flexibility index (Phi) is 5.75. The number of rotatable bonds is 4. The van der Waals surface area contributed by atoms with Gasteiger partial charge < -0.3 is 19.6 Å². The van der Waals surface area contributed by atoms with Gasteiger partial charge in [0.25, 0.3) is 0 Å². The Labute approximate surface area is 152 Å². The largest absolute Gasteiger partial charge is 0.368 e. The molecule has 0 unspecified atom stereocenters. The highest BCUT2D eigenvalue weighted by Crippen LogP contribution is 2.20. The lowest BCUT2D eigenvalue weighted by Crippen LogP contribution is -2.52. The van der Waals surface area contributed by atoms with Gasteiger partial charge in [-0.15, -0.1) is 0 Å². The third kappa shape index (κ3) is 4.63. The van der Waals surface area contributed by atoms with Gasteiger partial charge in [0.15, 0.2) is 11.8 Å².